The summed E-state index contributed by atoms with van der Waals surface area (Å²) in [4.78, 5) is 25.3. The average molecular weight is 267 g/mol. The summed E-state index contributed by atoms with van der Waals surface area (Å²) < 4.78 is 0. The number of pyridine rings is 1. The predicted molar refractivity (Wildman–Crippen MR) is 70.1 cm³/mol. The van der Waals surface area contributed by atoms with Crippen LogP contribution in [0, 0.1) is 23.0 Å². The minimum absolute atomic E-state index is 0.0121. The molecule has 1 aromatic rings. The molecule has 1 atom stereocenters. The molecule has 2 N–H and O–H groups in total. The Hall–Kier alpha value is -2.18. The van der Waals surface area contributed by atoms with Crippen molar-refractivity contribution in [1.29, 1.82) is 0 Å². The summed E-state index contributed by atoms with van der Waals surface area (Å²) in [5, 5.41) is 22.7. The van der Waals surface area contributed by atoms with E-state index in [4.69, 9.17) is 5.11 Å². The molecule has 0 saturated carbocycles. The van der Waals surface area contributed by atoms with Crippen LogP contribution in [0.5, 0.6) is 0 Å². The van der Waals surface area contributed by atoms with Gasteiger partial charge in [-0.05, 0) is 18.9 Å². The van der Waals surface area contributed by atoms with Crippen LogP contribution in [0.2, 0.25) is 0 Å². The summed E-state index contributed by atoms with van der Waals surface area (Å²) in [5.74, 6) is -0.829. The summed E-state index contributed by atoms with van der Waals surface area (Å²) >= 11 is 0. The van der Waals surface area contributed by atoms with Crippen molar-refractivity contribution in [3.8, 4) is 0 Å². The number of hydrogen-bond donors (Lipinski definition) is 2. The third-order valence-corrected chi connectivity index (χ3v) is 2.83. The van der Waals surface area contributed by atoms with Gasteiger partial charge in [-0.3, -0.25) is 14.9 Å². The van der Waals surface area contributed by atoms with Gasteiger partial charge in [0.2, 0.25) is 5.82 Å². The van der Waals surface area contributed by atoms with Gasteiger partial charge in [0.25, 0.3) is 0 Å². The third kappa shape index (κ3) is 3.90. The van der Waals surface area contributed by atoms with Gasteiger partial charge in [-0.2, -0.15) is 0 Å². The Kier molecular flexibility index (Phi) is 4.80. The van der Waals surface area contributed by atoms with Crippen LogP contribution in [-0.4, -0.2) is 27.0 Å². The standard InChI is InChI=1S/C12H17N3O4/c1-7(2)9(6-10(16)17)14-12-11(15(18)19)8(3)4-5-13-12/h4-5,7,9H,6H2,1-3H3,(H,13,14)(H,16,17). The molecule has 0 bridgehead atoms. The minimum Gasteiger partial charge on any atom is -0.481 e. The van der Waals surface area contributed by atoms with Crippen LogP contribution in [0.15, 0.2) is 12.3 Å². The first-order valence-corrected chi connectivity index (χ1v) is 5.91. The average Bonchev–Trinajstić information content (AvgIpc) is 2.26. The highest BCUT2D eigenvalue weighted by Gasteiger charge is 2.24. The second-order valence-electron chi connectivity index (χ2n) is 4.67. The maximum absolute atomic E-state index is 11.0. The topological polar surface area (TPSA) is 105 Å². The molecule has 1 rings (SSSR count). The maximum atomic E-state index is 11.0. The number of hydrogen-bond acceptors (Lipinski definition) is 5. The van der Waals surface area contributed by atoms with Gasteiger partial charge in [-0.1, -0.05) is 13.8 Å². The Labute approximate surface area is 110 Å². The van der Waals surface area contributed by atoms with Crippen LogP contribution in [0.3, 0.4) is 0 Å². The fourth-order valence-electron chi connectivity index (χ4n) is 1.70. The molecule has 7 nitrogen and oxygen atoms in total. The van der Waals surface area contributed by atoms with Gasteiger partial charge in [0.15, 0.2) is 0 Å². The number of carboxylic acid groups (broad SMARTS) is 1. The second kappa shape index (κ2) is 6.12. The molecule has 0 aromatic carbocycles. The summed E-state index contributed by atoms with van der Waals surface area (Å²) in [6, 6.07) is 1.13. The van der Waals surface area contributed by atoms with Crippen molar-refractivity contribution in [3.05, 3.63) is 27.9 Å². The number of carboxylic acids is 1. The van der Waals surface area contributed by atoms with Crippen molar-refractivity contribution >= 4 is 17.5 Å². The lowest BCUT2D eigenvalue weighted by atomic mass is 10.0. The first-order valence-electron chi connectivity index (χ1n) is 5.91. The van der Waals surface area contributed by atoms with E-state index in [-0.39, 0.29) is 23.8 Å². The summed E-state index contributed by atoms with van der Waals surface area (Å²) in [5.41, 5.74) is 0.374. The lowest BCUT2D eigenvalue weighted by Gasteiger charge is -2.21. The van der Waals surface area contributed by atoms with E-state index < -0.39 is 16.9 Å². The molecule has 1 heterocycles. The van der Waals surface area contributed by atoms with E-state index in [1.54, 1.807) is 13.0 Å². The molecule has 19 heavy (non-hydrogen) atoms. The van der Waals surface area contributed by atoms with Crippen molar-refractivity contribution in [3.63, 3.8) is 0 Å². The van der Waals surface area contributed by atoms with E-state index in [0.29, 0.717) is 5.56 Å². The first kappa shape index (κ1) is 14.9. The smallest absolute Gasteiger partial charge is 0.314 e. The highest BCUT2D eigenvalue weighted by atomic mass is 16.6. The first-order chi connectivity index (χ1) is 8.82. The quantitative estimate of drug-likeness (QED) is 0.604. The molecule has 1 unspecified atom stereocenters. The zero-order valence-corrected chi connectivity index (χ0v) is 11.1. The summed E-state index contributed by atoms with van der Waals surface area (Å²) in [6.07, 6.45) is 1.34. The number of aryl methyl sites for hydroxylation is 1. The van der Waals surface area contributed by atoms with Crippen LogP contribution in [0.25, 0.3) is 0 Å². The number of nitrogens with zero attached hydrogens (tertiary/aromatic N) is 2. The van der Waals surface area contributed by atoms with Gasteiger partial charge in [0, 0.05) is 17.8 Å². The zero-order valence-electron chi connectivity index (χ0n) is 11.1. The van der Waals surface area contributed by atoms with Gasteiger partial charge in [0.1, 0.15) is 0 Å². The van der Waals surface area contributed by atoms with E-state index in [1.807, 2.05) is 13.8 Å². The number of rotatable bonds is 6. The van der Waals surface area contributed by atoms with Crippen molar-refractivity contribution in [2.45, 2.75) is 33.2 Å². The van der Waals surface area contributed by atoms with Crippen LogP contribution in [-0.2, 0) is 4.79 Å². The second-order valence-corrected chi connectivity index (χ2v) is 4.67. The molecular weight excluding hydrogens is 250 g/mol. The molecule has 0 spiro atoms. The molecule has 0 fully saturated rings. The molecule has 104 valence electrons. The van der Waals surface area contributed by atoms with E-state index in [2.05, 4.69) is 10.3 Å². The van der Waals surface area contributed by atoms with E-state index >= 15 is 0 Å². The van der Waals surface area contributed by atoms with E-state index in [9.17, 15) is 14.9 Å². The largest absolute Gasteiger partial charge is 0.481 e. The number of anilines is 1. The molecule has 0 radical (unpaired) electrons. The van der Waals surface area contributed by atoms with Crippen molar-refractivity contribution in [2.75, 3.05) is 5.32 Å². The van der Waals surface area contributed by atoms with E-state index in [1.165, 1.54) is 6.20 Å². The Bertz CT molecular complexity index is 488. The van der Waals surface area contributed by atoms with Gasteiger partial charge < -0.3 is 10.4 Å². The number of nitro groups is 1. The van der Waals surface area contributed by atoms with Crippen LogP contribution in [0.4, 0.5) is 11.5 Å². The number of aromatic nitrogens is 1. The fourth-order valence-corrected chi connectivity index (χ4v) is 1.70. The van der Waals surface area contributed by atoms with Crippen LogP contribution >= 0.6 is 0 Å². The molecule has 7 heteroatoms. The van der Waals surface area contributed by atoms with Crippen LogP contribution < -0.4 is 5.32 Å². The monoisotopic (exact) mass is 267 g/mol. The third-order valence-electron chi connectivity index (χ3n) is 2.83. The molecule has 0 saturated heterocycles. The minimum atomic E-state index is -0.957. The van der Waals surface area contributed by atoms with Gasteiger partial charge in [-0.15, -0.1) is 0 Å². The highest BCUT2D eigenvalue weighted by Crippen LogP contribution is 2.27. The van der Waals surface area contributed by atoms with Crippen molar-refractivity contribution < 1.29 is 14.8 Å². The molecule has 1 aromatic heterocycles. The lowest BCUT2D eigenvalue weighted by Crippen LogP contribution is -2.29. The predicted octanol–water partition coefficient (Wildman–Crippen LogP) is 2.21. The lowest BCUT2D eigenvalue weighted by molar-refractivity contribution is -0.384. The molecule has 0 aliphatic rings. The Morgan fingerprint density at radius 3 is 2.68 bits per heavy atom. The summed E-state index contributed by atoms with van der Waals surface area (Å²) in [7, 11) is 0. The normalized spacial score (nSPS) is 12.2. The Morgan fingerprint density at radius 2 is 2.21 bits per heavy atom. The number of nitrogens with one attached hydrogen (secondary N) is 1. The zero-order chi connectivity index (χ0) is 14.6. The molecule has 0 amide bonds. The van der Waals surface area contributed by atoms with Gasteiger partial charge in [-0.25, -0.2) is 4.98 Å². The highest BCUT2D eigenvalue weighted by molar-refractivity contribution is 5.69. The Morgan fingerprint density at radius 1 is 1.58 bits per heavy atom. The summed E-state index contributed by atoms with van der Waals surface area (Å²) in [6.45, 7) is 5.32. The maximum Gasteiger partial charge on any atom is 0.314 e. The molecule has 0 aliphatic heterocycles. The van der Waals surface area contributed by atoms with Gasteiger partial charge >= 0.3 is 11.7 Å². The SMILES string of the molecule is Cc1ccnc(NC(CC(=O)O)C(C)C)c1[N+](=O)[O-]. The Balaban J connectivity index is 3.06. The molecular formula is C12H17N3O4. The van der Waals surface area contributed by atoms with E-state index in [0.717, 1.165) is 0 Å². The van der Waals surface area contributed by atoms with Gasteiger partial charge in [0.05, 0.1) is 11.3 Å². The number of aliphatic carboxylic acids is 1. The van der Waals surface area contributed by atoms with Crippen molar-refractivity contribution in [1.82, 2.24) is 4.98 Å². The molecule has 0 aliphatic carbocycles. The fraction of sp³-hybridized carbons (Fsp3) is 0.500. The number of carbonyl (C=O) groups is 1. The van der Waals surface area contributed by atoms with Crippen LogP contribution in [0.1, 0.15) is 25.8 Å². The van der Waals surface area contributed by atoms with Crippen molar-refractivity contribution in [2.24, 2.45) is 5.92 Å².